The average molecular weight is 335 g/mol. The molecule has 0 aliphatic carbocycles. The molecule has 4 nitrogen and oxygen atoms in total. The van der Waals surface area contributed by atoms with Gasteiger partial charge in [0.1, 0.15) is 5.75 Å². The van der Waals surface area contributed by atoms with Crippen molar-refractivity contribution >= 4 is 21.8 Å². The number of benzene rings is 1. The molecule has 0 spiro atoms. The summed E-state index contributed by atoms with van der Waals surface area (Å²) < 4.78 is 6.57. The molecular weight excluding hydrogens is 320 g/mol. The molecule has 0 saturated heterocycles. The molecule has 0 bridgehead atoms. The van der Waals surface area contributed by atoms with Gasteiger partial charge in [0.2, 0.25) is 5.88 Å². The maximum absolute atomic E-state index is 11.8. The van der Waals surface area contributed by atoms with Gasteiger partial charge in [0.15, 0.2) is 0 Å². The Morgan fingerprint density at radius 1 is 1.20 bits per heavy atom. The van der Waals surface area contributed by atoms with E-state index in [0.29, 0.717) is 17.2 Å². The van der Waals surface area contributed by atoms with E-state index in [4.69, 9.17) is 4.74 Å². The number of carbonyl (C=O) groups excluding carboxylic acids is 1. The Kier molecular flexibility index (Phi) is 4.74. The Morgan fingerprint density at radius 3 is 2.45 bits per heavy atom. The number of aromatic nitrogens is 1. The zero-order valence-electron chi connectivity index (χ0n) is 11.3. The van der Waals surface area contributed by atoms with Crippen LogP contribution in [-0.2, 0) is 0 Å². The molecule has 1 aromatic heterocycles. The molecule has 0 unspecified atom stereocenters. The van der Waals surface area contributed by atoms with Gasteiger partial charge in [0.25, 0.3) is 5.91 Å². The zero-order valence-corrected chi connectivity index (χ0v) is 12.8. The van der Waals surface area contributed by atoms with Gasteiger partial charge in [-0.3, -0.25) is 4.79 Å². The highest BCUT2D eigenvalue weighted by atomic mass is 79.9. The first-order valence-electron chi connectivity index (χ1n) is 6.25. The summed E-state index contributed by atoms with van der Waals surface area (Å²) in [4.78, 5) is 15.9. The van der Waals surface area contributed by atoms with E-state index in [1.165, 1.54) is 6.20 Å². The maximum Gasteiger partial charge on any atom is 0.253 e. The Labute approximate surface area is 126 Å². The lowest BCUT2D eigenvalue weighted by Crippen LogP contribution is -2.30. The van der Waals surface area contributed by atoms with Gasteiger partial charge in [-0.15, -0.1) is 0 Å². The Morgan fingerprint density at radius 2 is 1.90 bits per heavy atom. The Hall–Kier alpha value is -1.88. The van der Waals surface area contributed by atoms with Crippen LogP contribution in [0.2, 0.25) is 0 Å². The number of halogens is 1. The molecule has 2 rings (SSSR count). The largest absolute Gasteiger partial charge is 0.439 e. The van der Waals surface area contributed by atoms with Crippen molar-refractivity contribution in [2.75, 3.05) is 0 Å². The second-order valence-corrected chi connectivity index (χ2v) is 5.48. The molecule has 5 heteroatoms. The molecule has 2 aromatic rings. The quantitative estimate of drug-likeness (QED) is 0.925. The number of nitrogens with zero attached hydrogens (tertiary/aromatic N) is 1. The number of nitrogens with one attached hydrogen (secondary N) is 1. The number of ether oxygens (including phenoxy) is 1. The first kappa shape index (κ1) is 14.5. The van der Waals surface area contributed by atoms with Crippen LogP contribution in [0.5, 0.6) is 11.6 Å². The van der Waals surface area contributed by atoms with E-state index in [0.717, 1.165) is 4.47 Å². The molecule has 0 aliphatic heterocycles. The van der Waals surface area contributed by atoms with Crippen molar-refractivity contribution in [2.45, 2.75) is 19.9 Å². The zero-order chi connectivity index (χ0) is 14.5. The van der Waals surface area contributed by atoms with Gasteiger partial charge in [-0.2, -0.15) is 0 Å². The highest BCUT2D eigenvalue weighted by Gasteiger charge is 2.07. The molecule has 1 heterocycles. The van der Waals surface area contributed by atoms with Crippen LogP contribution in [0.15, 0.2) is 47.1 Å². The van der Waals surface area contributed by atoms with Crippen LogP contribution in [-0.4, -0.2) is 16.9 Å². The van der Waals surface area contributed by atoms with Gasteiger partial charge < -0.3 is 10.1 Å². The van der Waals surface area contributed by atoms with Crippen molar-refractivity contribution in [1.29, 1.82) is 0 Å². The Balaban J connectivity index is 2.04. The Bertz CT molecular complexity index is 580. The first-order valence-corrected chi connectivity index (χ1v) is 7.04. The van der Waals surface area contributed by atoms with E-state index < -0.39 is 0 Å². The summed E-state index contributed by atoms with van der Waals surface area (Å²) in [5.41, 5.74) is 0.516. The lowest BCUT2D eigenvalue weighted by atomic mass is 10.2. The van der Waals surface area contributed by atoms with Crippen LogP contribution < -0.4 is 10.1 Å². The standard InChI is InChI=1S/C15H15BrN2O2/c1-10(2)18-15(19)11-3-8-14(17-9-11)20-13-6-4-12(16)5-7-13/h3-10H,1-2H3,(H,18,19). The third-order valence-electron chi connectivity index (χ3n) is 2.45. The fraction of sp³-hybridized carbons (Fsp3) is 0.200. The predicted molar refractivity (Wildman–Crippen MR) is 81.1 cm³/mol. The van der Waals surface area contributed by atoms with Gasteiger partial charge in [0, 0.05) is 22.8 Å². The number of rotatable bonds is 4. The summed E-state index contributed by atoms with van der Waals surface area (Å²) in [7, 11) is 0. The molecule has 1 N–H and O–H groups in total. The molecule has 0 saturated carbocycles. The van der Waals surface area contributed by atoms with Crippen LogP contribution in [0.25, 0.3) is 0 Å². The van der Waals surface area contributed by atoms with Crippen LogP contribution in [0.4, 0.5) is 0 Å². The van der Waals surface area contributed by atoms with E-state index >= 15 is 0 Å². The normalized spacial score (nSPS) is 10.4. The second-order valence-electron chi connectivity index (χ2n) is 4.57. The summed E-state index contributed by atoms with van der Waals surface area (Å²) in [5.74, 6) is 1.01. The fourth-order valence-corrected chi connectivity index (χ4v) is 1.81. The molecule has 104 valence electrons. The minimum absolute atomic E-state index is 0.0983. The van der Waals surface area contributed by atoms with Gasteiger partial charge in [-0.1, -0.05) is 15.9 Å². The number of carbonyl (C=O) groups is 1. The molecule has 0 aliphatic rings. The molecule has 0 fully saturated rings. The molecule has 0 radical (unpaired) electrons. The van der Waals surface area contributed by atoms with E-state index in [9.17, 15) is 4.79 Å². The average Bonchev–Trinajstić information content (AvgIpc) is 2.41. The summed E-state index contributed by atoms with van der Waals surface area (Å²) in [6.45, 7) is 3.83. The molecule has 1 aromatic carbocycles. The van der Waals surface area contributed by atoms with E-state index in [1.54, 1.807) is 12.1 Å². The molecule has 1 amide bonds. The minimum Gasteiger partial charge on any atom is -0.439 e. The van der Waals surface area contributed by atoms with Crippen molar-refractivity contribution < 1.29 is 9.53 Å². The lowest BCUT2D eigenvalue weighted by molar-refractivity contribution is 0.0942. The SMILES string of the molecule is CC(C)NC(=O)c1ccc(Oc2ccc(Br)cc2)nc1. The number of amides is 1. The minimum atomic E-state index is -0.136. The van der Waals surface area contributed by atoms with Gasteiger partial charge >= 0.3 is 0 Å². The van der Waals surface area contributed by atoms with E-state index in [-0.39, 0.29) is 11.9 Å². The molecule has 20 heavy (non-hydrogen) atoms. The van der Waals surface area contributed by atoms with Crippen LogP contribution in [0, 0.1) is 0 Å². The lowest BCUT2D eigenvalue weighted by Gasteiger charge is -2.09. The van der Waals surface area contributed by atoms with Crippen molar-refractivity contribution in [3.05, 3.63) is 52.6 Å². The van der Waals surface area contributed by atoms with Crippen molar-refractivity contribution in [1.82, 2.24) is 10.3 Å². The maximum atomic E-state index is 11.8. The summed E-state index contributed by atoms with van der Waals surface area (Å²) in [6.07, 6.45) is 1.51. The van der Waals surface area contributed by atoms with Crippen LogP contribution in [0.3, 0.4) is 0 Å². The van der Waals surface area contributed by atoms with Crippen LogP contribution in [0.1, 0.15) is 24.2 Å². The monoisotopic (exact) mass is 334 g/mol. The predicted octanol–water partition coefficient (Wildman–Crippen LogP) is 3.77. The number of hydrogen-bond donors (Lipinski definition) is 1. The smallest absolute Gasteiger partial charge is 0.253 e. The number of hydrogen-bond acceptors (Lipinski definition) is 3. The second kappa shape index (κ2) is 6.52. The first-order chi connectivity index (χ1) is 9.54. The third-order valence-corrected chi connectivity index (χ3v) is 2.98. The van der Waals surface area contributed by atoms with Crippen molar-refractivity contribution in [2.24, 2.45) is 0 Å². The highest BCUT2D eigenvalue weighted by Crippen LogP contribution is 2.21. The summed E-state index contributed by atoms with van der Waals surface area (Å²) in [5, 5.41) is 2.81. The third kappa shape index (κ3) is 4.06. The van der Waals surface area contributed by atoms with Gasteiger partial charge in [-0.25, -0.2) is 4.98 Å². The van der Waals surface area contributed by atoms with Crippen LogP contribution >= 0.6 is 15.9 Å². The molecular formula is C15H15BrN2O2. The fourth-order valence-electron chi connectivity index (χ4n) is 1.54. The summed E-state index contributed by atoms with van der Waals surface area (Å²) >= 11 is 3.36. The highest BCUT2D eigenvalue weighted by molar-refractivity contribution is 9.10. The van der Waals surface area contributed by atoms with Gasteiger partial charge in [-0.05, 0) is 44.2 Å². The van der Waals surface area contributed by atoms with E-state index in [2.05, 4.69) is 26.2 Å². The van der Waals surface area contributed by atoms with Gasteiger partial charge in [0.05, 0.1) is 5.56 Å². The molecule has 0 atom stereocenters. The topological polar surface area (TPSA) is 51.2 Å². The summed E-state index contributed by atoms with van der Waals surface area (Å²) in [6, 6.07) is 10.9. The number of pyridine rings is 1. The van der Waals surface area contributed by atoms with Crippen molar-refractivity contribution in [3.8, 4) is 11.6 Å². The van der Waals surface area contributed by atoms with E-state index in [1.807, 2.05) is 38.1 Å². The van der Waals surface area contributed by atoms with Crippen molar-refractivity contribution in [3.63, 3.8) is 0 Å².